The van der Waals surface area contributed by atoms with E-state index in [9.17, 15) is 13.2 Å². The first-order valence-corrected chi connectivity index (χ1v) is 6.80. The summed E-state index contributed by atoms with van der Waals surface area (Å²) in [6, 6.07) is 7.38. The number of methoxy groups -OCH3 is 1. The summed E-state index contributed by atoms with van der Waals surface area (Å²) in [5, 5.41) is 0. The van der Waals surface area contributed by atoms with E-state index in [1.165, 1.54) is 6.08 Å². The van der Waals surface area contributed by atoms with Crippen LogP contribution in [0.2, 0.25) is 0 Å². The molecule has 1 aromatic carbocycles. The first-order valence-electron chi connectivity index (χ1n) is 6.80. The van der Waals surface area contributed by atoms with Crippen LogP contribution < -0.4 is 10.5 Å². The molecule has 1 atom stereocenters. The molecule has 0 saturated heterocycles. The molecule has 1 aliphatic heterocycles. The number of benzene rings is 1. The van der Waals surface area contributed by atoms with Gasteiger partial charge in [0.2, 0.25) is 0 Å². The van der Waals surface area contributed by atoms with Crippen molar-refractivity contribution in [2.75, 3.05) is 26.7 Å². The van der Waals surface area contributed by atoms with Gasteiger partial charge in [-0.3, -0.25) is 4.90 Å². The molecule has 2 rings (SSSR count). The molecule has 0 amide bonds. The van der Waals surface area contributed by atoms with Crippen LogP contribution in [0.15, 0.2) is 35.9 Å². The lowest BCUT2D eigenvalue weighted by Gasteiger charge is -2.34. The summed E-state index contributed by atoms with van der Waals surface area (Å²) in [7, 11) is 1.58. The highest BCUT2D eigenvalue weighted by Crippen LogP contribution is 2.33. The maximum absolute atomic E-state index is 12.6. The number of alkyl halides is 3. The van der Waals surface area contributed by atoms with Gasteiger partial charge in [0.1, 0.15) is 5.75 Å². The standard InChI is InChI=1S/C15H19F3N2O/c1-21-13-4-2-3-11(9-13)14(10-19)20-7-5-12(6-8-20)15(16,17)18/h2-5,9,14H,6-8,10,19H2,1H3. The van der Waals surface area contributed by atoms with Crippen molar-refractivity contribution in [3.63, 3.8) is 0 Å². The van der Waals surface area contributed by atoms with Crippen molar-refractivity contribution in [1.82, 2.24) is 4.90 Å². The highest BCUT2D eigenvalue weighted by atomic mass is 19.4. The second kappa shape index (κ2) is 6.49. The van der Waals surface area contributed by atoms with Crippen molar-refractivity contribution in [2.45, 2.75) is 18.6 Å². The smallest absolute Gasteiger partial charge is 0.412 e. The maximum atomic E-state index is 12.6. The number of hydrogen-bond donors (Lipinski definition) is 1. The molecule has 0 fully saturated rings. The minimum absolute atomic E-state index is 0.00394. The van der Waals surface area contributed by atoms with Crippen molar-refractivity contribution >= 4 is 0 Å². The number of ether oxygens (including phenoxy) is 1. The molecule has 0 spiro atoms. The largest absolute Gasteiger partial charge is 0.497 e. The lowest BCUT2D eigenvalue weighted by Crippen LogP contribution is -2.38. The van der Waals surface area contributed by atoms with E-state index in [-0.39, 0.29) is 19.0 Å². The molecule has 1 aromatic rings. The van der Waals surface area contributed by atoms with Crippen LogP contribution in [0.5, 0.6) is 5.75 Å². The molecule has 1 aliphatic rings. The van der Waals surface area contributed by atoms with Crippen LogP contribution in [0.1, 0.15) is 18.0 Å². The Bertz CT molecular complexity index is 514. The lowest BCUT2D eigenvalue weighted by molar-refractivity contribution is -0.0964. The second-order valence-electron chi connectivity index (χ2n) is 5.00. The van der Waals surface area contributed by atoms with Crippen molar-refractivity contribution in [3.8, 4) is 5.75 Å². The van der Waals surface area contributed by atoms with Gasteiger partial charge in [-0.25, -0.2) is 0 Å². The maximum Gasteiger partial charge on any atom is 0.412 e. The van der Waals surface area contributed by atoms with Crippen LogP contribution >= 0.6 is 0 Å². The second-order valence-corrected chi connectivity index (χ2v) is 5.00. The Labute approximate surface area is 122 Å². The molecule has 6 heteroatoms. The van der Waals surface area contributed by atoms with Gasteiger partial charge in [-0.05, 0) is 24.1 Å². The minimum Gasteiger partial charge on any atom is -0.497 e. The molecular formula is C15H19F3N2O. The van der Waals surface area contributed by atoms with Crippen LogP contribution in [-0.4, -0.2) is 37.8 Å². The number of nitrogens with zero attached hydrogens (tertiary/aromatic N) is 1. The van der Waals surface area contributed by atoms with Gasteiger partial charge in [-0.2, -0.15) is 13.2 Å². The zero-order valence-electron chi connectivity index (χ0n) is 11.9. The molecule has 0 bridgehead atoms. The summed E-state index contributed by atoms with van der Waals surface area (Å²) in [5.74, 6) is 0.717. The van der Waals surface area contributed by atoms with Crippen molar-refractivity contribution in [1.29, 1.82) is 0 Å². The van der Waals surface area contributed by atoms with E-state index in [1.54, 1.807) is 7.11 Å². The monoisotopic (exact) mass is 300 g/mol. The van der Waals surface area contributed by atoms with Crippen LogP contribution in [0.3, 0.4) is 0 Å². The molecule has 3 nitrogen and oxygen atoms in total. The zero-order chi connectivity index (χ0) is 15.5. The van der Waals surface area contributed by atoms with Gasteiger partial charge in [-0.1, -0.05) is 18.2 Å². The van der Waals surface area contributed by atoms with Crippen molar-refractivity contribution in [3.05, 3.63) is 41.5 Å². The van der Waals surface area contributed by atoms with E-state index < -0.39 is 11.7 Å². The normalized spacial score (nSPS) is 18.2. The van der Waals surface area contributed by atoms with E-state index in [2.05, 4.69) is 0 Å². The van der Waals surface area contributed by atoms with E-state index in [1.807, 2.05) is 29.2 Å². The molecular weight excluding hydrogens is 281 g/mol. The number of nitrogens with two attached hydrogens (primary N) is 1. The molecule has 0 radical (unpaired) electrons. The Balaban J connectivity index is 2.14. The Morgan fingerprint density at radius 3 is 2.67 bits per heavy atom. The Kier molecular flexibility index (Phi) is 4.90. The third-order valence-electron chi connectivity index (χ3n) is 3.75. The first-order chi connectivity index (χ1) is 9.95. The summed E-state index contributed by atoms with van der Waals surface area (Å²) < 4.78 is 43.1. The van der Waals surface area contributed by atoms with Gasteiger partial charge in [0.15, 0.2) is 0 Å². The van der Waals surface area contributed by atoms with Gasteiger partial charge >= 0.3 is 6.18 Å². The Hall–Kier alpha value is -1.53. The molecule has 1 heterocycles. The fourth-order valence-electron chi connectivity index (χ4n) is 2.57. The third kappa shape index (κ3) is 3.77. The molecule has 21 heavy (non-hydrogen) atoms. The van der Waals surface area contributed by atoms with Crippen molar-refractivity contribution in [2.24, 2.45) is 5.73 Å². The summed E-state index contributed by atoms with van der Waals surface area (Å²) >= 11 is 0. The highest BCUT2D eigenvalue weighted by Gasteiger charge is 2.35. The molecule has 1 unspecified atom stereocenters. The minimum atomic E-state index is -4.22. The molecule has 116 valence electrons. The zero-order valence-corrected chi connectivity index (χ0v) is 11.9. The van der Waals surface area contributed by atoms with Crippen molar-refractivity contribution < 1.29 is 17.9 Å². The van der Waals surface area contributed by atoms with Crippen LogP contribution in [0, 0.1) is 0 Å². The fourth-order valence-corrected chi connectivity index (χ4v) is 2.57. The molecule has 0 aromatic heterocycles. The fraction of sp³-hybridized carbons (Fsp3) is 0.467. The summed E-state index contributed by atoms with van der Waals surface area (Å²) in [4.78, 5) is 1.96. The number of rotatable bonds is 4. The average molecular weight is 300 g/mol. The van der Waals surface area contributed by atoms with E-state index in [4.69, 9.17) is 10.5 Å². The highest BCUT2D eigenvalue weighted by molar-refractivity contribution is 5.31. The molecule has 0 aliphatic carbocycles. The molecule has 0 saturated carbocycles. The topological polar surface area (TPSA) is 38.5 Å². The van der Waals surface area contributed by atoms with E-state index >= 15 is 0 Å². The average Bonchev–Trinajstić information content (AvgIpc) is 2.48. The Morgan fingerprint density at radius 1 is 1.38 bits per heavy atom. The van der Waals surface area contributed by atoms with Gasteiger partial charge in [0.25, 0.3) is 0 Å². The SMILES string of the molecule is COc1cccc(C(CN)N2CC=C(C(F)(F)F)CC2)c1. The number of hydrogen-bond acceptors (Lipinski definition) is 3. The molecule has 2 N–H and O–H groups in total. The summed E-state index contributed by atoms with van der Waals surface area (Å²) in [6.45, 7) is 0.959. The lowest BCUT2D eigenvalue weighted by atomic mass is 10.0. The van der Waals surface area contributed by atoms with Gasteiger partial charge in [-0.15, -0.1) is 0 Å². The van der Waals surface area contributed by atoms with E-state index in [0.29, 0.717) is 13.1 Å². The number of halogens is 3. The van der Waals surface area contributed by atoms with Gasteiger partial charge in [0.05, 0.1) is 7.11 Å². The Morgan fingerprint density at radius 2 is 2.14 bits per heavy atom. The van der Waals surface area contributed by atoms with Gasteiger partial charge < -0.3 is 10.5 Å². The predicted octanol–water partition coefficient (Wildman–Crippen LogP) is 2.89. The summed E-state index contributed by atoms with van der Waals surface area (Å²) in [6.07, 6.45) is -2.96. The first kappa shape index (κ1) is 15.9. The van der Waals surface area contributed by atoms with E-state index in [0.717, 1.165) is 11.3 Å². The predicted molar refractivity (Wildman–Crippen MR) is 75.1 cm³/mol. The third-order valence-corrected chi connectivity index (χ3v) is 3.75. The van der Waals surface area contributed by atoms with Gasteiger partial charge in [0, 0.05) is 31.2 Å². The van der Waals surface area contributed by atoms with Crippen LogP contribution in [0.4, 0.5) is 13.2 Å². The quantitative estimate of drug-likeness (QED) is 0.869. The van der Waals surface area contributed by atoms with Crippen LogP contribution in [0.25, 0.3) is 0 Å². The summed E-state index contributed by atoms with van der Waals surface area (Å²) in [5.41, 5.74) is 6.34. The van der Waals surface area contributed by atoms with Crippen LogP contribution in [-0.2, 0) is 0 Å².